The summed E-state index contributed by atoms with van der Waals surface area (Å²) in [6, 6.07) is 39.6. The molecule has 230 valence electrons. The summed E-state index contributed by atoms with van der Waals surface area (Å²) in [5.74, 6) is 0.874. The summed E-state index contributed by atoms with van der Waals surface area (Å²) in [6.07, 6.45) is 2.15. The molecule has 6 aromatic carbocycles. The lowest BCUT2D eigenvalue weighted by Gasteiger charge is -2.08. The van der Waals surface area contributed by atoms with E-state index in [-0.39, 0.29) is 0 Å². The lowest BCUT2D eigenvalue weighted by atomic mass is 9.95. The maximum atomic E-state index is 6.73. The second kappa shape index (κ2) is 10.6. The van der Waals surface area contributed by atoms with E-state index in [1.165, 1.54) is 43.4 Å². The standard InChI is InChI=1S/C44H37NO2/c1-5-25(3)29-11-7-15-33-35-17-9-13-31(43(35)46-41(29)33)27-19-21-39-37(23-27)38-24-28(20-22-40(38)45-39)32-14-10-18-36-34-16-8-12-30(26(4)6-2)42(34)47-44(32)36/h7-26,45H,5-6H2,1-4H3. The minimum absolute atomic E-state index is 0.437. The predicted octanol–water partition coefficient (Wildman–Crippen LogP) is 13.5. The lowest BCUT2D eigenvalue weighted by molar-refractivity contribution is 0.646. The third-order valence-electron chi connectivity index (χ3n) is 10.6. The largest absolute Gasteiger partial charge is 0.455 e. The molecule has 0 fully saturated rings. The van der Waals surface area contributed by atoms with E-state index in [9.17, 15) is 0 Å². The van der Waals surface area contributed by atoms with Gasteiger partial charge in [-0.3, -0.25) is 0 Å². The van der Waals surface area contributed by atoms with Crippen molar-refractivity contribution in [2.45, 2.75) is 52.4 Å². The smallest absolute Gasteiger partial charge is 0.143 e. The molecule has 0 radical (unpaired) electrons. The van der Waals surface area contributed by atoms with Crippen molar-refractivity contribution in [3.05, 3.63) is 120 Å². The number of benzene rings is 6. The Morgan fingerprint density at radius 1 is 0.468 bits per heavy atom. The van der Waals surface area contributed by atoms with Gasteiger partial charge >= 0.3 is 0 Å². The Balaban J connectivity index is 1.21. The molecule has 0 aliphatic rings. The van der Waals surface area contributed by atoms with E-state index in [1.807, 2.05) is 0 Å². The van der Waals surface area contributed by atoms with Crippen molar-refractivity contribution in [1.82, 2.24) is 4.98 Å². The highest BCUT2D eigenvalue weighted by molar-refractivity contribution is 6.15. The highest BCUT2D eigenvalue weighted by Crippen LogP contribution is 2.42. The summed E-state index contributed by atoms with van der Waals surface area (Å²) >= 11 is 0. The topological polar surface area (TPSA) is 42.1 Å². The Hall–Kier alpha value is -5.28. The van der Waals surface area contributed by atoms with Crippen molar-refractivity contribution in [1.29, 1.82) is 0 Å². The van der Waals surface area contributed by atoms with Gasteiger partial charge in [-0.25, -0.2) is 0 Å². The second-order valence-corrected chi connectivity index (χ2v) is 13.3. The van der Waals surface area contributed by atoms with Crippen LogP contribution in [0.5, 0.6) is 0 Å². The molecule has 0 aliphatic heterocycles. The van der Waals surface area contributed by atoms with Crippen LogP contribution in [-0.4, -0.2) is 4.98 Å². The first kappa shape index (κ1) is 28.0. The molecule has 2 atom stereocenters. The fourth-order valence-electron chi connectivity index (χ4n) is 7.59. The maximum absolute atomic E-state index is 6.73. The molecule has 0 saturated heterocycles. The molecule has 0 aliphatic carbocycles. The van der Waals surface area contributed by atoms with Gasteiger partial charge in [0.1, 0.15) is 22.3 Å². The van der Waals surface area contributed by atoms with Gasteiger partial charge in [0.15, 0.2) is 0 Å². The fraction of sp³-hybridized carbons (Fsp3) is 0.182. The number of nitrogens with one attached hydrogen (secondary N) is 1. The minimum Gasteiger partial charge on any atom is -0.455 e. The zero-order valence-electron chi connectivity index (χ0n) is 27.3. The normalized spacial score (nSPS) is 13.5. The van der Waals surface area contributed by atoms with E-state index in [2.05, 4.69) is 142 Å². The van der Waals surface area contributed by atoms with E-state index >= 15 is 0 Å². The highest BCUT2D eigenvalue weighted by Gasteiger charge is 2.19. The van der Waals surface area contributed by atoms with E-state index in [0.29, 0.717) is 11.8 Å². The summed E-state index contributed by atoms with van der Waals surface area (Å²) in [5, 5.41) is 7.10. The summed E-state index contributed by atoms with van der Waals surface area (Å²) in [7, 11) is 0. The van der Waals surface area contributed by atoms with Crippen LogP contribution in [0.1, 0.15) is 63.5 Å². The molecule has 1 N–H and O–H groups in total. The molecule has 0 spiro atoms. The van der Waals surface area contributed by atoms with Gasteiger partial charge in [-0.15, -0.1) is 0 Å². The number of fused-ring (bicyclic) bond motifs is 9. The molecule has 0 saturated carbocycles. The van der Waals surface area contributed by atoms with Crippen LogP contribution in [0.2, 0.25) is 0 Å². The van der Waals surface area contributed by atoms with Gasteiger partial charge in [-0.1, -0.05) is 113 Å². The molecular formula is C44H37NO2. The molecule has 3 heterocycles. The molecular weight excluding hydrogens is 574 g/mol. The van der Waals surface area contributed by atoms with Crippen LogP contribution in [0, 0.1) is 0 Å². The van der Waals surface area contributed by atoms with E-state index < -0.39 is 0 Å². The molecule has 0 amide bonds. The fourth-order valence-corrected chi connectivity index (χ4v) is 7.59. The Morgan fingerprint density at radius 3 is 1.30 bits per heavy atom. The van der Waals surface area contributed by atoms with Crippen LogP contribution < -0.4 is 0 Å². The quantitative estimate of drug-likeness (QED) is 0.203. The number of aromatic nitrogens is 1. The number of hydrogen-bond acceptors (Lipinski definition) is 2. The van der Waals surface area contributed by atoms with Gasteiger partial charge in [0.05, 0.1) is 0 Å². The van der Waals surface area contributed by atoms with Crippen LogP contribution in [-0.2, 0) is 0 Å². The van der Waals surface area contributed by atoms with E-state index in [0.717, 1.165) is 68.5 Å². The zero-order valence-corrected chi connectivity index (χ0v) is 27.3. The third-order valence-corrected chi connectivity index (χ3v) is 10.6. The number of rotatable bonds is 6. The summed E-state index contributed by atoms with van der Waals surface area (Å²) in [4.78, 5) is 3.66. The average Bonchev–Trinajstić information content (AvgIpc) is 3.81. The monoisotopic (exact) mass is 611 g/mol. The number of hydrogen-bond donors (Lipinski definition) is 1. The van der Waals surface area contributed by atoms with Crippen LogP contribution in [0.15, 0.2) is 118 Å². The molecule has 47 heavy (non-hydrogen) atoms. The van der Waals surface area contributed by atoms with Gasteiger partial charge in [0.25, 0.3) is 0 Å². The number of para-hydroxylation sites is 4. The molecule has 2 unspecified atom stereocenters. The van der Waals surface area contributed by atoms with Crippen molar-refractivity contribution in [3.8, 4) is 22.3 Å². The van der Waals surface area contributed by atoms with Crippen molar-refractivity contribution < 1.29 is 8.83 Å². The molecule has 3 heteroatoms. The Morgan fingerprint density at radius 2 is 0.872 bits per heavy atom. The number of aromatic amines is 1. The van der Waals surface area contributed by atoms with Crippen LogP contribution in [0.25, 0.3) is 87.9 Å². The van der Waals surface area contributed by atoms with Gasteiger partial charge in [-0.2, -0.15) is 0 Å². The van der Waals surface area contributed by atoms with Crippen molar-refractivity contribution in [3.63, 3.8) is 0 Å². The summed E-state index contributed by atoms with van der Waals surface area (Å²) in [6.45, 7) is 9.03. The molecule has 9 rings (SSSR count). The predicted molar refractivity (Wildman–Crippen MR) is 199 cm³/mol. The molecule has 0 bridgehead atoms. The number of furan rings is 2. The summed E-state index contributed by atoms with van der Waals surface area (Å²) in [5.41, 5.74) is 13.3. The molecule has 3 nitrogen and oxygen atoms in total. The Kier molecular flexibility index (Phi) is 6.33. The SMILES string of the molecule is CCC(C)c1cccc2c1oc1c(-c3ccc4[nH]c5ccc(-c6cccc7c6oc6c(C(C)CC)cccc67)cc5c4c3)cccc12. The van der Waals surface area contributed by atoms with Crippen LogP contribution in [0.3, 0.4) is 0 Å². The second-order valence-electron chi connectivity index (χ2n) is 13.3. The first-order valence-electron chi connectivity index (χ1n) is 17.0. The molecule has 3 aromatic heterocycles. The van der Waals surface area contributed by atoms with Crippen molar-refractivity contribution >= 4 is 65.7 Å². The van der Waals surface area contributed by atoms with Crippen LogP contribution in [0.4, 0.5) is 0 Å². The Labute approximate surface area is 273 Å². The van der Waals surface area contributed by atoms with Gasteiger partial charge in [0, 0.05) is 54.5 Å². The average molecular weight is 612 g/mol. The maximum Gasteiger partial charge on any atom is 0.143 e. The van der Waals surface area contributed by atoms with Crippen LogP contribution >= 0.6 is 0 Å². The third kappa shape index (κ3) is 4.19. The molecule has 9 aromatic rings. The number of H-pyrrole nitrogens is 1. The van der Waals surface area contributed by atoms with E-state index in [4.69, 9.17) is 8.83 Å². The van der Waals surface area contributed by atoms with Crippen molar-refractivity contribution in [2.24, 2.45) is 0 Å². The Bertz CT molecular complexity index is 2460. The minimum atomic E-state index is 0.437. The first-order valence-corrected chi connectivity index (χ1v) is 17.0. The van der Waals surface area contributed by atoms with Gasteiger partial charge in [-0.05, 0) is 71.2 Å². The zero-order chi connectivity index (χ0) is 31.8. The van der Waals surface area contributed by atoms with E-state index in [1.54, 1.807) is 0 Å². The van der Waals surface area contributed by atoms with Gasteiger partial charge in [0.2, 0.25) is 0 Å². The van der Waals surface area contributed by atoms with Gasteiger partial charge < -0.3 is 13.8 Å². The first-order chi connectivity index (χ1) is 23.0. The lowest BCUT2D eigenvalue weighted by Crippen LogP contribution is -1.90. The summed E-state index contributed by atoms with van der Waals surface area (Å²) < 4.78 is 13.5. The highest BCUT2D eigenvalue weighted by atomic mass is 16.3. The van der Waals surface area contributed by atoms with Crippen molar-refractivity contribution in [2.75, 3.05) is 0 Å².